The summed E-state index contributed by atoms with van der Waals surface area (Å²) in [4.78, 5) is 0. The van der Waals surface area contributed by atoms with E-state index < -0.39 is 0 Å². The molecule has 0 aliphatic rings. The van der Waals surface area contributed by atoms with Crippen LogP contribution < -0.4 is 9.47 Å². The first-order valence-corrected chi connectivity index (χ1v) is 7.73. The van der Waals surface area contributed by atoms with Gasteiger partial charge >= 0.3 is 0 Å². The Bertz CT molecular complexity index is 574. The number of rotatable bonds is 7. The second kappa shape index (κ2) is 11.3. The quantitative estimate of drug-likeness (QED) is 0.599. The van der Waals surface area contributed by atoms with Gasteiger partial charge in [-0.05, 0) is 25.0 Å². The molecule has 0 spiro atoms. The van der Waals surface area contributed by atoms with Crippen LogP contribution in [0.3, 0.4) is 0 Å². The lowest BCUT2D eigenvalue weighted by Gasteiger charge is -2.08. The van der Waals surface area contributed by atoms with Crippen molar-refractivity contribution in [2.75, 3.05) is 20.8 Å². The fourth-order valence-electron chi connectivity index (χ4n) is 2.05. The molecule has 2 N–H and O–H groups in total. The van der Waals surface area contributed by atoms with Crippen LogP contribution in [0.25, 0.3) is 0 Å². The normalized spacial score (nSPS) is 9.35. The van der Waals surface area contributed by atoms with Crippen molar-refractivity contribution < 1.29 is 19.7 Å². The number of phenolic OH excluding ortho intramolecular Hbond substituents is 1. The molecule has 1 rings (SSSR count). The highest BCUT2D eigenvalue weighted by atomic mass is 16.5. The first-order valence-electron chi connectivity index (χ1n) is 7.73. The maximum Gasteiger partial charge on any atom is 0.200 e. The van der Waals surface area contributed by atoms with Gasteiger partial charge in [0.15, 0.2) is 11.5 Å². The molecule has 0 bridgehead atoms. The minimum atomic E-state index is -0.0532. The van der Waals surface area contributed by atoms with Gasteiger partial charge in [0.25, 0.3) is 0 Å². The van der Waals surface area contributed by atoms with Gasteiger partial charge in [-0.25, -0.2) is 0 Å². The van der Waals surface area contributed by atoms with Crippen LogP contribution in [0, 0.1) is 23.7 Å². The molecule has 1 aromatic rings. The number of ether oxygens (including phenoxy) is 2. The zero-order valence-electron chi connectivity index (χ0n) is 13.8. The second-order valence-electron chi connectivity index (χ2n) is 4.96. The number of hydrogen-bond acceptors (Lipinski definition) is 4. The van der Waals surface area contributed by atoms with Gasteiger partial charge in [0.05, 0.1) is 14.2 Å². The lowest BCUT2D eigenvalue weighted by atomic mass is 10.1. The largest absolute Gasteiger partial charge is 0.502 e. The summed E-state index contributed by atoms with van der Waals surface area (Å²) in [6.07, 6.45) is 6.03. The van der Waals surface area contributed by atoms with Gasteiger partial charge < -0.3 is 19.7 Å². The maximum absolute atomic E-state index is 9.84. The molecule has 0 aromatic heterocycles. The molecule has 4 nitrogen and oxygen atoms in total. The number of unbranched alkanes of at least 4 members (excludes halogenated alkanes) is 5. The molecule has 124 valence electrons. The van der Waals surface area contributed by atoms with E-state index in [4.69, 9.17) is 14.6 Å². The van der Waals surface area contributed by atoms with E-state index in [1.54, 1.807) is 12.1 Å². The first-order chi connectivity index (χ1) is 11.2. The average molecular weight is 316 g/mol. The molecular formula is C19H24O4. The van der Waals surface area contributed by atoms with Crippen LogP contribution in [0.2, 0.25) is 0 Å². The van der Waals surface area contributed by atoms with Crippen LogP contribution >= 0.6 is 0 Å². The van der Waals surface area contributed by atoms with Gasteiger partial charge in [0.1, 0.15) is 6.61 Å². The number of phenols is 1. The number of benzene rings is 1. The molecule has 23 heavy (non-hydrogen) atoms. The van der Waals surface area contributed by atoms with Crippen LogP contribution in [-0.4, -0.2) is 31.0 Å². The predicted molar refractivity (Wildman–Crippen MR) is 90.7 cm³/mol. The van der Waals surface area contributed by atoms with Gasteiger partial charge in [0.2, 0.25) is 5.75 Å². The van der Waals surface area contributed by atoms with Gasteiger partial charge in [-0.3, -0.25) is 0 Å². The van der Waals surface area contributed by atoms with E-state index in [1.165, 1.54) is 14.2 Å². The number of aliphatic hydroxyl groups is 1. The Labute approximate surface area is 138 Å². The monoisotopic (exact) mass is 316 g/mol. The number of aromatic hydroxyl groups is 1. The summed E-state index contributed by atoms with van der Waals surface area (Å²) in [5.74, 6) is 12.5. The Morgan fingerprint density at radius 2 is 1.43 bits per heavy atom. The number of methoxy groups -OCH3 is 2. The SMILES string of the molecule is COc1cc(C#CCCCCCCC#CCO)cc(OC)c1O. The summed E-state index contributed by atoms with van der Waals surface area (Å²) in [6.45, 7) is -0.0532. The molecule has 0 aliphatic heterocycles. The van der Waals surface area contributed by atoms with Crippen LogP contribution in [0.5, 0.6) is 17.2 Å². The number of aliphatic hydroxyl groups excluding tert-OH is 1. The third-order valence-corrected chi connectivity index (χ3v) is 3.27. The van der Waals surface area contributed by atoms with E-state index in [-0.39, 0.29) is 12.4 Å². The minimum Gasteiger partial charge on any atom is -0.502 e. The number of hydrogen-bond donors (Lipinski definition) is 2. The van der Waals surface area contributed by atoms with E-state index in [1.807, 2.05) is 0 Å². The Kier molecular flexibility index (Phi) is 9.20. The van der Waals surface area contributed by atoms with Gasteiger partial charge in [-0.15, -0.1) is 5.92 Å². The smallest absolute Gasteiger partial charge is 0.200 e. The Balaban J connectivity index is 2.39. The molecule has 0 amide bonds. The zero-order valence-corrected chi connectivity index (χ0v) is 13.8. The molecule has 0 unspecified atom stereocenters. The lowest BCUT2D eigenvalue weighted by molar-refractivity contribution is 0.339. The molecule has 1 aromatic carbocycles. The molecule has 0 aliphatic carbocycles. The van der Waals surface area contributed by atoms with Crippen molar-refractivity contribution in [3.63, 3.8) is 0 Å². The molecule has 0 saturated heterocycles. The fraction of sp³-hybridized carbons (Fsp3) is 0.474. The highest BCUT2D eigenvalue weighted by Gasteiger charge is 2.09. The molecule has 0 atom stereocenters. The van der Waals surface area contributed by atoms with E-state index in [0.29, 0.717) is 11.5 Å². The van der Waals surface area contributed by atoms with Crippen molar-refractivity contribution in [1.82, 2.24) is 0 Å². The van der Waals surface area contributed by atoms with Crippen molar-refractivity contribution in [3.8, 4) is 40.9 Å². The third kappa shape index (κ3) is 7.00. The maximum atomic E-state index is 9.84. The highest BCUT2D eigenvalue weighted by Crippen LogP contribution is 2.36. The zero-order chi connectivity index (χ0) is 16.9. The van der Waals surface area contributed by atoms with Gasteiger partial charge in [-0.1, -0.05) is 30.6 Å². The Morgan fingerprint density at radius 1 is 0.870 bits per heavy atom. The van der Waals surface area contributed by atoms with Crippen LogP contribution in [0.15, 0.2) is 12.1 Å². The van der Waals surface area contributed by atoms with Crippen LogP contribution in [0.4, 0.5) is 0 Å². The molecule has 0 heterocycles. The third-order valence-electron chi connectivity index (χ3n) is 3.27. The average Bonchev–Trinajstić information content (AvgIpc) is 2.57. The topological polar surface area (TPSA) is 58.9 Å². The summed E-state index contributed by atoms with van der Waals surface area (Å²) in [5, 5.41) is 18.4. The van der Waals surface area contributed by atoms with Crippen molar-refractivity contribution in [3.05, 3.63) is 17.7 Å². The molecular weight excluding hydrogens is 292 g/mol. The molecule has 0 radical (unpaired) electrons. The first kappa shape index (κ1) is 18.7. The van der Waals surface area contributed by atoms with Crippen molar-refractivity contribution in [2.24, 2.45) is 0 Å². The Morgan fingerprint density at radius 3 is 1.96 bits per heavy atom. The summed E-state index contributed by atoms with van der Waals surface area (Å²) >= 11 is 0. The van der Waals surface area contributed by atoms with E-state index in [2.05, 4.69) is 23.7 Å². The summed E-state index contributed by atoms with van der Waals surface area (Å²) in [6, 6.07) is 3.40. The standard InChI is InChI=1S/C19H24O4/c1-22-17-14-16(15-18(23-2)19(17)21)12-10-8-6-4-3-5-7-9-11-13-20/h14-15,20-21H,3-8,13H2,1-2H3. The van der Waals surface area contributed by atoms with E-state index in [0.717, 1.165) is 44.1 Å². The predicted octanol–water partition coefficient (Wildman–Crippen LogP) is 3.10. The minimum absolute atomic E-state index is 0.00940. The van der Waals surface area contributed by atoms with Crippen molar-refractivity contribution in [1.29, 1.82) is 0 Å². The van der Waals surface area contributed by atoms with Gasteiger partial charge in [-0.2, -0.15) is 0 Å². The molecule has 4 heteroatoms. The Hall–Kier alpha value is -2.30. The van der Waals surface area contributed by atoms with Gasteiger partial charge in [0, 0.05) is 18.4 Å². The van der Waals surface area contributed by atoms with Crippen LogP contribution in [-0.2, 0) is 0 Å². The summed E-state index contributed by atoms with van der Waals surface area (Å²) in [5.41, 5.74) is 0.760. The highest BCUT2D eigenvalue weighted by molar-refractivity contribution is 5.56. The van der Waals surface area contributed by atoms with E-state index in [9.17, 15) is 5.11 Å². The molecule has 0 fully saturated rings. The summed E-state index contributed by atoms with van der Waals surface area (Å²) in [7, 11) is 2.99. The van der Waals surface area contributed by atoms with E-state index >= 15 is 0 Å². The lowest BCUT2D eigenvalue weighted by Crippen LogP contribution is -1.90. The molecule has 0 saturated carbocycles. The van der Waals surface area contributed by atoms with Crippen molar-refractivity contribution in [2.45, 2.75) is 38.5 Å². The fourth-order valence-corrected chi connectivity index (χ4v) is 2.05. The second-order valence-corrected chi connectivity index (χ2v) is 4.96. The van der Waals surface area contributed by atoms with Crippen LogP contribution in [0.1, 0.15) is 44.1 Å². The summed E-state index contributed by atoms with van der Waals surface area (Å²) < 4.78 is 10.2. The van der Waals surface area contributed by atoms with Crippen molar-refractivity contribution >= 4 is 0 Å².